The molecule has 0 bridgehead atoms. The monoisotopic (exact) mass is 327 g/mol. The summed E-state index contributed by atoms with van der Waals surface area (Å²) < 4.78 is 0. The van der Waals surface area contributed by atoms with Crippen LogP contribution in [0.1, 0.15) is 52.0 Å². The Hall–Kier alpha value is -0.240. The molecular formula is C18H27Cl2N. The molecule has 1 aliphatic rings. The lowest BCUT2D eigenvalue weighted by Crippen LogP contribution is -2.37. The van der Waals surface area contributed by atoms with Crippen LogP contribution in [0.25, 0.3) is 0 Å². The van der Waals surface area contributed by atoms with Gasteiger partial charge in [0.05, 0.1) is 0 Å². The van der Waals surface area contributed by atoms with E-state index in [2.05, 4.69) is 26.1 Å². The van der Waals surface area contributed by atoms with E-state index in [1.165, 1.54) is 31.2 Å². The van der Waals surface area contributed by atoms with Crippen LogP contribution >= 0.6 is 23.2 Å². The molecule has 1 N–H and O–H groups in total. The maximum atomic E-state index is 6.21. The van der Waals surface area contributed by atoms with Crippen molar-refractivity contribution in [3.05, 3.63) is 33.8 Å². The Kier molecular flexibility index (Phi) is 5.99. The summed E-state index contributed by atoms with van der Waals surface area (Å²) >= 11 is 12.1. The summed E-state index contributed by atoms with van der Waals surface area (Å²) in [7, 11) is 0. The molecule has 0 aliphatic heterocycles. The van der Waals surface area contributed by atoms with Crippen LogP contribution in [0, 0.1) is 11.3 Å². The normalized spacial score (nSPS) is 23.3. The Labute approximate surface area is 139 Å². The quantitative estimate of drug-likeness (QED) is 0.744. The van der Waals surface area contributed by atoms with Crippen molar-refractivity contribution in [3.8, 4) is 0 Å². The lowest BCUT2D eigenvalue weighted by molar-refractivity contribution is 0.160. The van der Waals surface area contributed by atoms with E-state index in [9.17, 15) is 0 Å². The first-order valence-corrected chi connectivity index (χ1v) is 8.79. The van der Waals surface area contributed by atoms with Crippen LogP contribution in [0.15, 0.2) is 18.2 Å². The van der Waals surface area contributed by atoms with E-state index in [0.29, 0.717) is 16.5 Å². The molecule has 0 spiro atoms. The largest absolute Gasteiger partial charge is 0.314 e. The molecule has 1 saturated carbocycles. The lowest BCUT2D eigenvalue weighted by Gasteiger charge is -2.37. The number of benzene rings is 1. The van der Waals surface area contributed by atoms with E-state index in [-0.39, 0.29) is 0 Å². The SMILES string of the molecule is CC(C)(C)C1CCC(NCCc2ccc(Cl)cc2Cl)CC1. The van der Waals surface area contributed by atoms with Crippen LogP contribution in [-0.2, 0) is 6.42 Å². The van der Waals surface area contributed by atoms with Gasteiger partial charge in [0.1, 0.15) is 0 Å². The first-order valence-electron chi connectivity index (χ1n) is 8.03. The average Bonchev–Trinajstić information content (AvgIpc) is 2.41. The van der Waals surface area contributed by atoms with Crippen LogP contribution in [0.3, 0.4) is 0 Å². The summed E-state index contributed by atoms with van der Waals surface area (Å²) in [6, 6.07) is 6.45. The summed E-state index contributed by atoms with van der Waals surface area (Å²) in [5.41, 5.74) is 1.64. The molecule has 118 valence electrons. The highest BCUT2D eigenvalue weighted by atomic mass is 35.5. The van der Waals surface area contributed by atoms with Gasteiger partial charge in [-0.3, -0.25) is 0 Å². The van der Waals surface area contributed by atoms with Gasteiger partial charge in [-0.15, -0.1) is 0 Å². The highest BCUT2D eigenvalue weighted by molar-refractivity contribution is 6.35. The Balaban J connectivity index is 1.73. The summed E-state index contributed by atoms with van der Waals surface area (Å²) in [5.74, 6) is 0.876. The van der Waals surface area contributed by atoms with Crippen molar-refractivity contribution >= 4 is 23.2 Å². The number of nitrogens with one attached hydrogen (secondary N) is 1. The van der Waals surface area contributed by atoms with Gasteiger partial charge in [-0.05, 0) is 67.7 Å². The van der Waals surface area contributed by atoms with Gasteiger partial charge < -0.3 is 5.32 Å². The van der Waals surface area contributed by atoms with Crippen LogP contribution < -0.4 is 5.32 Å². The first-order chi connectivity index (χ1) is 9.86. The molecule has 3 heteroatoms. The van der Waals surface area contributed by atoms with E-state index >= 15 is 0 Å². The zero-order valence-electron chi connectivity index (χ0n) is 13.4. The fourth-order valence-corrected chi connectivity index (χ4v) is 3.80. The lowest BCUT2D eigenvalue weighted by atomic mass is 9.71. The second-order valence-electron chi connectivity index (χ2n) is 7.35. The van der Waals surface area contributed by atoms with E-state index in [1.807, 2.05) is 18.2 Å². The minimum absolute atomic E-state index is 0.460. The first kappa shape index (κ1) is 17.1. The number of rotatable bonds is 4. The van der Waals surface area contributed by atoms with E-state index in [1.54, 1.807) is 0 Å². The van der Waals surface area contributed by atoms with Gasteiger partial charge in [0.15, 0.2) is 0 Å². The molecule has 0 unspecified atom stereocenters. The predicted octanol–water partition coefficient (Wildman–Crippen LogP) is 5.73. The third-order valence-corrected chi connectivity index (χ3v) is 5.38. The molecule has 0 radical (unpaired) electrons. The third kappa shape index (κ3) is 5.16. The zero-order chi connectivity index (χ0) is 15.5. The fourth-order valence-electron chi connectivity index (χ4n) is 3.30. The second-order valence-corrected chi connectivity index (χ2v) is 8.20. The predicted molar refractivity (Wildman–Crippen MR) is 93.4 cm³/mol. The van der Waals surface area contributed by atoms with Crippen molar-refractivity contribution in [1.29, 1.82) is 0 Å². The Morgan fingerprint density at radius 2 is 1.76 bits per heavy atom. The van der Waals surface area contributed by atoms with Gasteiger partial charge in [0.2, 0.25) is 0 Å². The topological polar surface area (TPSA) is 12.0 Å². The Bertz CT molecular complexity index is 457. The zero-order valence-corrected chi connectivity index (χ0v) is 14.9. The molecular weight excluding hydrogens is 301 g/mol. The molecule has 1 fully saturated rings. The van der Waals surface area contributed by atoms with Crippen molar-refractivity contribution in [1.82, 2.24) is 5.32 Å². The summed E-state index contributed by atoms with van der Waals surface area (Å²) in [6.45, 7) is 8.10. The van der Waals surface area contributed by atoms with E-state index in [0.717, 1.165) is 23.9 Å². The molecule has 0 saturated heterocycles. The fraction of sp³-hybridized carbons (Fsp3) is 0.667. The van der Waals surface area contributed by atoms with Gasteiger partial charge >= 0.3 is 0 Å². The highest BCUT2D eigenvalue weighted by Gasteiger charge is 2.29. The Morgan fingerprint density at radius 3 is 2.33 bits per heavy atom. The van der Waals surface area contributed by atoms with Crippen LogP contribution in [0.2, 0.25) is 10.0 Å². The molecule has 1 aromatic carbocycles. The molecule has 0 heterocycles. The molecule has 0 aromatic heterocycles. The standard InChI is InChI=1S/C18H27Cl2N/c1-18(2,3)14-5-8-16(9-6-14)21-11-10-13-4-7-15(19)12-17(13)20/h4,7,12,14,16,21H,5-6,8-11H2,1-3H3. The maximum absolute atomic E-state index is 6.21. The molecule has 21 heavy (non-hydrogen) atoms. The molecule has 1 aromatic rings. The number of hydrogen-bond donors (Lipinski definition) is 1. The summed E-state index contributed by atoms with van der Waals surface area (Å²) in [4.78, 5) is 0. The molecule has 0 atom stereocenters. The van der Waals surface area contributed by atoms with Gasteiger partial charge in [-0.1, -0.05) is 50.0 Å². The van der Waals surface area contributed by atoms with Gasteiger partial charge in [0, 0.05) is 16.1 Å². The van der Waals surface area contributed by atoms with Gasteiger partial charge in [-0.2, -0.15) is 0 Å². The average molecular weight is 328 g/mol. The van der Waals surface area contributed by atoms with Crippen LogP contribution in [0.5, 0.6) is 0 Å². The number of halogens is 2. The Morgan fingerprint density at radius 1 is 1.10 bits per heavy atom. The maximum Gasteiger partial charge on any atom is 0.0453 e. The van der Waals surface area contributed by atoms with Gasteiger partial charge in [-0.25, -0.2) is 0 Å². The molecule has 2 rings (SSSR count). The van der Waals surface area contributed by atoms with Crippen LogP contribution in [-0.4, -0.2) is 12.6 Å². The third-order valence-electron chi connectivity index (χ3n) is 4.79. The molecule has 1 aliphatic carbocycles. The summed E-state index contributed by atoms with van der Waals surface area (Å²) in [5, 5.41) is 5.18. The van der Waals surface area contributed by atoms with E-state index < -0.39 is 0 Å². The van der Waals surface area contributed by atoms with Crippen molar-refractivity contribution in [2.24, 2.45) is 11.3 Å². The minimum Gasteiger partial charge on any atom is -0.314 e. The molecule has 1 nitrogen and oxygen atoms in total. The second kappa shape index (κ2) is 7.35. The van der Waals surface area contributed by atoms with Crippen LogP contribution in [0.4, 0.5) is 0 Å². The van der Waals surface area contributed by atoms with Gasteiger partial charge in [0.25, 0.3) is 0 Å². The van der Waals surface area contributed by atoms with Crippen molar-refractivity contribution in [3.63, 3.8) is 0 Å². The van der Waals surface area contributed by atoms with Crippen molar-refractivity contribution in [2.75, 3.05) is 6.54 Å². The summed E-state index contributed by atoms with van der Waals surface area (Å²) in [6.07, 6.45) is 6.27. The van der Waals surface area contributed by atoms with Crippen molar-refractivity contribution < 1.29 is 0 Å². The number of hydrogen-bond acceptors (Lipinski definition) is 1. The smallest absolute Gasteiger partial charge is 0.0453 e. The minimum atomic E-state index is 0.460. The van der Waals surface area contributed by atoms with E-state index in [4.69, 9.17) is 23.2 Å². The molecule has 0 amide bonds. The van der Waals surface area contributed by atoms with Crippen molar-refractivity contribution in [2.45, 2.75) is 58.9 Å². The highest BCUT2D eigenvalue weighted by Crippen LogP contribution is 2.37.